The van der Waals surface area contributed by atoms with Gasteiger partial charge in [-0.25, -0.2) is 0 Å². The maximum Gasteiger partial charge on any atom is 0.269 e. The summed E-state index contributed by atoms with van der Waals surface area (Å²) >= 11 is 0. The molecule has 7 nitrogen and oxygen atoms in total. The van der Waals surface area contributed by atoms with Crippen molar-refractivity contribution in [2.24, 2.45) is 0 Å². The number of para-hydroxylation sites is 2. The van der Waals surface area contributed by atoms with Crippen LogP contribution in [-0.4, -0.2) is 10.8 Å². The molecule has 1 atom stereocenters. The number of fused-ring (bicyclic) bond motifs is 1. The molecule has 0 bridgehead atoms. The van der Waals surface area contributed by atoms with Gasteiger partial charge >= 0.3 is 0 Å². The summed E-state index contributed by atoms with van der Waals surface area (Å²) in [5.74, 6) is 0.865. The molecule has 28 heavy (non-hydrogen) atoms. The molecular formula is C21H16N2O5. The highest BCUT2D eigenvalue weighted by atomic mass is 16.6. The molecule has 3 aromatic rings. The van der Waals surface area contributed by atoms with E-state index in [1.807, 2.05) is 24.3 Å². The molecule has 4 rings (SSSR count). The Bertz CT molecular complexity index is 1030. The molecule has 0 fully saturated rings. The Balaban J connectivity index is 1.53. The molecule has 7 heteroatoms. The minimum atomic E-state index is -0.671. The molecule has 0 aromatic heterocycles. The van der Waals surface area contributed by atoms with Crippen molar-refractivity contribution >= 4 is 11.6 Å². The van der Waals surface area contributed by atoms with Crippen LogP contribution in [0.4, 0.5) is 5.69 Å². The van der Waals surface area contributed by atoms with E-state index >= 15 is 0 Å². The van der Waals surface area contributed by atoms with Gasteiger partial charge in [-0.3, -0.25) is 14.9 Å². The third-order valence-corrected chi connectivity index (χ3v) is 4.38. The van der Waals surface area contributed by atoms with E-state index in [4.69, 9.17) is 9.47 Å². The van der Waals surface area contributed by atoms with Gasteiger partial charge in [0.2, 0.25) is 6.23 Å². The summed E-state index contributed by atoms with van der Waals surface area (Å²) in [5.41, 5.74) is 2.00. The monoisotopic (exact) mass is 376 g/mol. The van der Waals surface area contributed by atoms with Gasteiger partial charge in [0.25, 0.3) is 11.6 Å². The summed E-state index contributed by atoms with van der Waals surface area (Å²) in [4.78, 5) is 22.7. The Morgan fingerprint density at radius 2 is 1.71 bits per heavy atom. The standard InChI is InChI=1S/C21H16N2O5/c24-20-16-5-1-4-8-19(16)28-21(22-20)17-6-2-3-7-18(17)27-13-14-9-11-15(12-10-14)23(25)26/h1-12,21H,13H2,(H,22,24)/t21-/m0/s1. The Morgan fingerprint density at radius 1 is 1.00 bits per heavy atom. The first kappa shape index (κ1) is 17.5. The third kappa shape index (κ3) is 3.50. The Labute approximate surface area is 160 Å². The Kier molecular flexibility index (Phi) is 4.63. The normalized spacial score (nSPS) is 15.1. The largest absolute Gasteiger partial charge is 0.488 e. The van der Waals surface area contributed by atoms with Crippen molar-refractivity contribution in [1.29, 1.82) is 0 Å². The number of carbonyl (C=O) groups excluding carboxylic acids is 1. The zero-order valence-electron chi connectivity index (χ0n) is 14.7. The highest BCUT2D eigenvalue weighted by Gasteiger charge is 2.28. The number of amides is 1. The summed E-state index contributed by atoms with van der Waals surface area (Å²) in [7, 11) is 0. The zero-order chi connectivity index (χ0) is 19.5. The Morgan fingerprint density at radius 3 is 2.50 bits per heavy atom. The molecule has 140 valence electrons. The molecule has 1 aliphatic rings. The minimum Gasteiger partial charge on any atom is -0.488 e. The van der Waals surface area contributed by atoms with Gasteiger partial charge in [-0.1, -0.05) is 24.3 Å². The SMILES string of the molecule is O=C1N[C@H](c2ccccc2OCc2ccc([N+](=O)[O-])cc2)Oc2ccccc21. The summed E-state index contributed by atoms with van der Waals surface area (Å²) in [6.45, 7) is 0.228. The van der Waals surface area contributed by atoms with Gasteiger partial charge in [0, 0.05) is 12.1 Å². The molecule has 0 unspecified atom stereocenters. The molecular weight excluding hydrogens is 360 g/mol. The summed E-state index contributed by atoms with van der Waals surface area (Å²) in [6, 6.07) is 20.5. The lowest BCUT2D eigenvalue weighted by molar-refractivity contribution is -0.384. The number of nitrogens with one attached hydrogen (secondary N) is 1. The molecule has 1 amide bonds. The van der Waals surface area contributed by atoms with E-state index in [9.17, 15) is 14.9 Å². The van der Waals surface area contributed by atoms with E-state index in [0.29, 0.717) is 22.6 Å². The van der Waals surface area contributed by atoms with Crippen LogP contribution in [0.2, 0.25) is 0 Å². The number of nitro groups is 1. The van der Waals surface area contributed by atoms with Gasteiger partial charge in [0.05, 0.1) is 16.1 Å². The zero-order valence-corrected chi connectivity index (χ0v) is 14.7. The van der Waals surface area contributed by atoms with Gasteiger partial charge in [0.15, 0.2) is 0 Å². The third-order valence-electron chi connectivity index (χ3n) is 4.38. The van der Waals surface area contributed by atoms with Crippen LogP contribution in [-0.2, 0) is 6.61 Å². The first-order chi connectivity index (χ1) is 13.6. The van der Waals surface area contributed by atoms with Crippen molar-refractivity contribution in [1.82, 2.24) is 5.32 Å². The quantitative estimate of drug-likeness (QED) is 0.537. The van der Waals surface area contributed by atoms with Gasteiger partial charge in [0.1, 0.15) is 18.1 Å². The van der Waals surface area contributed by atoms with Gasteiger partial charge in [-0.2, -0.15) is 0 Å². The topological polar surface area (TPSA) is 90.7 Å². The second-order valence-corrected chi connectivity index (χ2v) is 6.22. The van der Waals surface area contributed by atoms with Crippen LogP contribution in [0, 0.1) is 10.1 Å². The van der Waals surface area contributed by atoms with Crippen LogP contribution in [0.1, 0.15) is 27.7 Å². The molecule has 0 spiro atoms. The number of benzene rings is 3. The second-order valence-electron chi connectivity index (χ2n) is 6.22. The summed E-state index contributed by atoms with van der Waals surface area (Å²) in [6.07, 6.45) is -0.671. The van der Waals surface area contributed by atoms with Crippen molar-refractivity contribution in [3.63, 3.8) is 0 Å². The fourth-order valence-corrected chi connectivity index (χ4v) is 2.96. The maximum absolute atomic E-state index is 12.4. The van der Waals surface area contributed by atoms with E-state index in [1.165, 1.54) is 12.1 Å². The lowest BCUT2D eigenvalue weighted by atomic mass is 10.1. The molecule has 0 radical (unpaired) electrons. The lowest BCUT2D eigenvalue weighted by Crippen LogP contribution is -2.36. The van der Waals surface area contributed by atoms with E-state index in [1.54, 1.807) is 36.4 Å². The van der Waals surface area contributed by atoms with Crippen LogP contribution in [0.15, 0.2) is 72.8 Å². The average molecular weight is 376 g/mol. The first-order valence-corrected chi connectivity index (χ1v) is 8.63. The predicted octanol–water partition coefficient (Wildman–Crippen LogP) is 3.99. The molecule has 1 N–H and O–H groups in total. The van der Waals surface area contributed by atoms with E-state index in [0.717, 1.165) is 5.56 Å². The van der Waals surface area contributed by atoms with Crippen molar-refractivity contribution in [3.05, 3.63) is 99.6 Å². The van der Waals surface area contributed by atoms with Gasteiger partial charge in [-0.05, 0) is 42.0 Å². The van der Waals surface area contributed by atoms with Crippen molar-refractivity contribution in [3.8, 4) is 11.5 Å². The molecule has 0 saturated carbocycles. The van der Waals surface area contributed by atoms with E-state index in [-0.39, 0.29) is 18.2 Å². The van der Waals surface area contributed by atoms with Crippen LogP contribution in [0.3, 0.4) is 0 Å². The number of hydrogen-bond acceptors (Lipinski definition) is 5. The maximum atomic E-state index is 12.4. The van der Waals surface area contributed by atoms with Crippen LogP contribution < -0.4 is 14.8 Å². The predicted molar refractivity (Wildman–Crippen MR) is 101 cm³/mol. The number of rotatable bonds is 5. The summed E-state index contributed by atoms with van der Waals surface area (Å²) < 4.78 is 11.8. The van der Waals surface area contributed by atoms with Crippen LogP contribution in [0.25, 0.3) is 0 Å². The van der Waals surface area contributed by atoms with Gasteiger partial charge in [-0.15, -0.1) is 0 Å². The highest BCUT2D eigenvalue weighted by Crippen LogP contribution is 2.33. The lowest BCUT2D eigenvalue weighted by Gasteiger charge is -2.28. The fourth-order valence-electron chi connectivity index (χ4n) is 2.96. The van der Waals surface area contributed by atoms with E-state index in [2.05, 4.69) is 5.32 Å². The second kappa shape index (κ2) is 7.40. The number of nitro benzene ring substituents is 1. The van der Waals surface area contributed by atoms with Crippen LogP contribution >= 0.6 is 0 Å². The smallest absolute Gasteiger partial charge is 0.269 e. The van der Waals surface area contributed by atoms with Crippen molar-refractivity contribution in [2.75, 3.05) is 0 Å². The number of non-ortho nitro benzene ring substituents is 1. The number of ether oxygens (including phenoxy) is 2. The number of nitrogens with zero attached hydrogens (tertiary/aromatic N) is 1. The highest BCUT2D eigenvalue weighted by molar-refractivity contribution is 5.98. The molecule has 1 heterocycles. The molecule has 1 aliphatic heterocycles. The molecule has 0 aliphatic carbocycles. The average Bonchev–Trinajstić information content (AvgIpc) is 2.73. The minimum absolute atomic E-state index is 0.0288. The first-order valence-electron chi connectivity index (χ1n) is 8.63. The molecule has 3 aromatic carbocycles. The van der Waals surface area contributed by atoms with Crippen LogP contribution in [0.5, 0.6) is 11.5 Å². The van der Waals surface area contributed by atoms with E-state index < -0.39 is 11.2 Å². The van der Waals surface area contributed by atoms with Crippen molar-refractivity contribution in [2.45, 2.75) is 12.8 Å². The fraction of sp³-hybridized carbons (Fsp3) is 0.0952. The number of carbonyl (C=O) groups is 1. The van der Waals surface area contributed by atoms with Gasteiger partial charge < -0.3 is 14.8 Å². The summed E-state index contributed by atoms with van der Waals surface area (Å²) in [5, 5.41) is 13.6. The number of hydrogen-bond donors (Lipinski definition) is 1. The van der Waals surface area contributed by atoms with Crippen molar-refractivity contribution < 1.29 is 19.2 Å². The Hall–Kier alpha value is -3.87. The molecule has 0 saturated heterocycles.